The van der Waals surface area contributed by atoms with E-state index in [0.29, 0.717) is 31.7 Å². The first kappa shape index (κ1) is 21.1. The number of carbonyl (C=O) groups is 2. The molecule has 1 N–H and O–H groups in total. The molecular formula is C17H27N3O4S. The molecule has 1 aromatic carbocycles. The summed E-state index contributed by atoms with van der Waals surface area (Å²) >= 11 is 0. The molecule has 0 saturated carbocycles. The first-order valence-electron chi connectivity index (χ1n) is 8.47. The molecule has 0 aliphatic carbocycles. The molecule has 2 amide bonds. The molecular weight excluding hydrogens is 342 g/mol. The average Bonchev–Trinajstić information content (AvgIpc) is 2.61. The highest BCUT2D eigenvalue weighted by Crippen LogP contribution is 2.16. The average molecular weight is 369 g/mol. The van der Waals surface area contributed by atoms with Gasteiger partial charge in [-0.2, -0.15) is 4.31 Å². The first-order chi connectivity index (χ1) is 11.8. The Balaban J connectivity index is 2.79. The number of sulfonamides is 1. The van der Waals surface area contributed by atoms with E-state index in [4.69, 9.17) is 0 Å². The van der Waals surface area contributed by atoms with Crippen molar-refractivity contribution in [3.63, 3.8) is 0 Å². The number of nitrogens with one attached hydrogen (secondary N) is 1. The lowest BCUT2D eigenvalue weighted by Crippen LogP contribution is -2.40. The first-order valence-corrected chi connectivity index (χ1v) is 9.91. The maximum absolute atomic E-state index is 12.4. The number of amides is 2. The van der Waals surface area contributed by atoms with Crippen molar-refractivity contribution in [1.82, 2.24) is 14.5 Å². The lowest BCUT2D eigenvalue weighted by atomic mass is 10.2. The molecule has 0 aromatic heterocycles. The van der Waals surface area contributed by atoms with Crippen LogP contribution in [0.25, 0.3) is 0 Å². The summed E-state index contributed by atoms with van der Waals surface area (Å²) in [5.74, 6) is -0.564. The van der Waals surface area contributed by atoms with Gasteiger partial charge < -0.3 is 10.2 Å². The topological polar surface area (TPSA) is 86.8 Å². The van der Waals surface area contributed by atoms with Crippen LogP contribution in [0.3, 0.4) is 0 Å². The fourth-order valence-electron chi connectivity index (χ4n) is 2.44. The maximum Gasteiger partial charge on any atom is 0.251 e. The molecule has 0 saturated heterocycles. The molecule has 0 aliphatic heterocycles. The minimum absolute atomic E-state index is 0.0833. The second-order valence-corrected chi connectivity index (χ2v) is 7.30. The molecule has 0 fully saturated rings. The monoisotopic (exact) mass is 369 g/mol. The van der Waals surface area contributed by atoms with E-state index in [-0.39, 0.29) is 17.3 Å². The van der Waals surface area contributed by atoms with E-state index in [2.05, 4.69) is 5.32 Å². The molecule has 0 aliphatic rings. The van der Waals surface area contributed by atoms with Crippen LogP contribution in [0.15, 0.2) is 29.2 Å². The van der Waals surface area contributed by atoms with Gasteiger partial charge in [-0.05, 0) is 38.1 Å². The molecule has 8 heteroatoms. The van der Waals surface area contributed by atoms with Crippen LogP contribution in [0.4, 0.5) is 0 Å². The predicted octanol–water partition coefficient (Wildman–Crippen LogP) is 1.32. The van der Waals surface area contributed by atoms with E-state index in [1.807, 2.05) is 13.8 Å². The Kier molecular flexibility index (Phi) is 8.05. The van der Waals surface area contributed by atoms with Crippen LogP contribution in [0, 0.1) is 0 Å². The van der Waals surface area contributed by atoms with Gasteiger partial charge in [0, 0.05) is 31.7 Å². The Morgan fingerprint density at radius 2 is 1.44 bits per heavy atom. The molecule has 0 unspecified atom stereocenters. The van der Waals surface area contributed by atoms with Gasteiger partial charge in [0.2, 0.25) is 15.9 Å². The Bertz CT molecular complexity index is 678. The van der Waals surface area contributed by atoms with E-state index >= 15 is 0 Å². The van der Waals surface area contributed by atoms with Crippen LogP contribution in [0.5, 0.6) is 0 Å². The van der Waals surface area contributed by atoms with E-state index < -0.39 is 15.9 Å². The Hall–Kier alpha value is -1.93. The Labute approximate surface area is 150 Å². The van der Waals surface area contributed by atoms with Crippen molar-refractivity contribution < 1.29 is 18.0 Å². The van der Waals surface area contributed by atoms with Gasteiger partial charge in [0.15, 0.2) is 0 Å². The molecule has 0 heterocycles. The van der Waals surface area contributed by atoms with Gasteiger partial charge in [-0.25, -0.2) is 8.42 Å². The van der Waals surface area contributed by atoms with Crippen molar-refractivity contribution in [2.45, 2.75) is 32.6 Å². The minimum atomic E-state index is -3.55. The third-order valence-electron chi connectivity index (χ3n) is 3.98. The van der Waals surface area contributed by atoms with Crippen LogP contribution >= 0.6 is 0 Å². The molecule has 0 atom stereocenters. The minimum Gasteiger partial charge on any atom is -0.343 e. The summed E-state index contributed by atoms with van der Waals surface area (Å²) in [5.41, 5.74) is 0.311. The van der Waals surface area contributed by atoms with Crippen molar-refractivity contribution in [1.29, 1.82) is 0 Å². The Morgan fingerprint density at radius 1 is 0.920 bits per heavy atom. The highest BCUT2D eigenvalue weighted by atomic mass is 32.2. The number of nitrogens with zero attached hydrogens (tertiary/aromatic N) is 2. The molecule has 25 heavy (non-hydrogen) atoms. The largest absolute Gasteiger partial charge is 0.343 e. The number of hydrogen-bond acceptors (Lipinski definition) is 4. The summed E-state index contributed by atoms with van der Waals surface area (Å²) in [6.07, 6.45) is 0. The lowest BCUT2D eigenvalue weighted by molar-refractivity contribution is -0.129. The van der Waals surface area contributed by atoms with Gasteiger partial charge in [-0.1, -0.05) is 13.8 Å². The third-order valence-corrected chi connectivity index (χ3v) is 6.04. The van der Waals surface area contributed by atoms with E-state index in [1.54, 1.807) is 18.7 Å². The number of likely N-dealkylation sites (N-methyl/N-ethyl adjacent to an activating group) is 1. The standard InChI is InChI=1S/C17H27N3O4S/c1-5-19(6-2)16(21)13-18-17(22)14-9-11-15(12-10-14)25(23,24)20(7-3)8-4/h9-12H,5-8,13H2,1-4H3,(H,18,22). The fraction of sp³-hybridized carbons (Fsp3) is 0.529. The summed E-state index contributed by atoms with van der Waals surface area (Å²) in [6.45, 7) is 9.15. The van der Waals surface area contributed by atoms with E-state index in [1.165, 1.54) is 28.6 Å². The summed E-state index contributed by atoms with van der Waals surface area (Å²) in [7, 11) is -3.55. The van der Waals surface area contributed by atoms with Crippen molar-refractivity contribution in [3.8, 4) is 0 Å². The zero-order valence-corrected chi connectivity index (χ0v) is 16.1. The quantitative estimate of drug-likeness (QED) is 0.711. The van der Waals surface area contributed by atoms with Gasteiger partial charge in [0.05, 0.1) is 11.4 Å². The second-order valence-electron chi connectivity index (χ2n) is 5.36. The molecule has 0 radical (unpaired) electrons. The third kappa shape index (κ3) is 5.27. The van der Waals surface area contributed by atoms with Gasteiger partial charge in [0.25, 0.3) is 5.91 Å². The number of rotatable bonds is 9. The zero-order valence-electron chi connectivity index (χ0n) is 15.3. The number of hydrogen-bond donors (Lipinski definition) is 1. The molecule has 0 spiro atoms. The normalized spacial score (nSPS) is 11.4. The molecule has 1 rings (SSSR count). The molecule has 7 nitrogen and oxygen atoms in total. The second kappa shape index (κ2) is 9.53. The molecule has 1 aromatic rings. The summed E-state index contributed by atoms with van der Waals surface area (Å²) in [6, 6.07) is 5.73. The van der Waals surface area contributed by atoms with Crippen LogP contribution in [-0.2, 0) is 14.8 Å². The fourth-order valence-corrected chi connectivity index (χ4v) is 3.89. The van der Waals surface area contributed by atoms with E-state index in [9.17, 15) is 18.0 Å². The molecule has 140 valence electrons. The Morgan fingerprint density at radius 3 is 1.88 bits per heavy atom. The lowest BCUT2D eigenvalue weighted by Gasteiger charge is -2.19. The highest BCUT2D eigenvalue weighted by Gasteiger charge is 2.21. The number of benzene rings is 1. The summed E-state index contributed by atoms with van der Waals surface area (Å²) in [4.78, 5) is 25.8. The van der Waals surface area contributed by atoms with Crippen LogP contribution in [-0.4, -0.2) is 62.2 Å². The number of carbonyl (C=O) groups excluding carboxylic acids is 2. The molecule has 0 bridgehead atoms. The van der Waals surface area contributed by atoms with Crippen molar-refractivity contribution in [2.75, 3.05) is 32.7 Å². The SMILES string of the molecule is CCN(CC)C(=O)CNC(=O)c1ccc(S(=O)(=O)N(CC)CC)cc1. The van der Waals surface area contributed by atoms with Crippen molar-refractivity contribution >= 4 is 21.8 Å². The van der Waals surface area contributed by atoms with Crippen molar-refractivity contribution in [2.24, 2.45) is 0 Å². The van der Waals surface area contributed by atoms with Gasteiger partial charge >= 0.3 is 0 Å². The smallest absolute Gasteiger partial charge is 0.251 e. The maximum atomic E-state index is 12.4. The highest BCUT2D eigenvalue weighted by molar-refractivity contribution is 7.89. The zero-order chi connectivity index (χ0) is 19.0. The van der Waals surface area contributed by atoms with E-state index in [0.717, 1.165) is 0 Å². The predicted molar refractivity (Wildman–Crippen MR) is 96.8 cm³/mol. The van der Waals surface area contributed by atoms with Crippen LogP contribution in [0.1, 0.15) is 38.1 Å². The van der Waals surface area contributed by atoms with Crippen molar-refractivity contribution in [3.05, 3.63) is 29.8 Å². The van der Waals surface area contributed by atoms with Gasteiger partial charge in [-0.3, -0.25) is 9.59 Å². The van der Waals surface area contributed by atoms with Gasteiger partial charge in [0.1, 0.15) is 0 Å². The van der Waals surface area contributed by atoms with Gasteiger partial charge in [-0.15, -0.1) is 0 Å². The van der Waals surface area contributed by atoms with Crippen LogP contribution < -0.4 is 5.32 Å². The summed E-state index contributed by atoms with van der Waals surface area (Å²) in [5, 5.41) is 2.56. The summed E-state index contributed by atoms with van der Waals surface area (Å²) < 4.78 is 26.2. The van der Waals surface area contributed by atoms with Crippen LogP contribution in [0.2, 0.25) is 0 Å².